The lowest BCUT2D eigenvalue weighted by molar-refractivity contribution is -0.306. The molecule has 0 aliphatic carbocycles. The highest BCUT2D eigenvalue weighted by Crippen LogP contribution is 2.23. The number of hydrogen-bond acceptors (Lipinski definition) is 4. The molecule has 0 radical (unpaired) electrons. The molecule has 0 atom stereocenters. The van der Waals surface area contributed by atoms with Crippen molar-refractivity contribution in [3.63, 3.8) is 0 Å². The molecule has 1 aliphatic rings. The Balaban J connectivity index is 2.01. The number of aliphatic carboxylic acids is 1. The molecular formula is C15H15N2O3S-. The maximum Gasteiger partial charge on any atom is 0.111 e. The number of carbonyl (C=O) groups excluding carboxylic acids is 1. The van der Waals surface area contributed by atoms with Crippen LogP contribution < -0.4 is 5.11 Å². The summed E-state index contributed by atoms with van der Waals surface area (Å²) in [4.78, 5) is 13.7. The quantitative estimate of drug-likeness (QED) is 0.768. The molecule has 1 saturated heterocycles. The molecular weight excluding hydrogens is 288 g/mol. The summed E-state index contributed by atoms with van der Waals surface area (Å²) in [6.07, 6.45) is 1.80. The van der Waals surface area contributed by atoms with Crippen LogP contribution >= 0.6 is 12.2 Å². The largest absolute Gasteiger partial charge is 0.548 e. The first kappa shape index (κ1) is 14.0. The lowest BCUT2D eigenvalue weighted by Crippen LogP contribution is -2.40. The van der Waals surface area contributed by atoms with Crippen molar-refractivity contribution in [2.45, 2.75) is 6.54 Å². The Kier molecular flexibility index (Phi) is 3.90. The highest BCUT2D eigenvalue weighted by molar-refractivity contribution is 7.80. The van der Waals surface area contributed by atoms with Gasteiger partial charge in [-0.2, -0.15) is 0 Å². The first-order valence-electron chi connectivity index (χ1n) is 6.81. The Hall–Kier alpha value is -1.92. The second kappa shape index (κ2) is 5.83. The van der Waals surface area contributed by atoms with Crippen molar-refractivity contribution in [3.8, 4) is 0 Å². The van der Waals surface area contributed by atoms with Crippen LogP contribution in [0.3, 0.4) is 0 Å². The molecule has 2 heterocycles. The van der Waals surface area contributed by atoms with Crippen molar-refractivity contribution in [2.75, 3.05) is 26.3 Å². The Morgan fingerprint density at radius 2 is 2.00 bits per heavy atom. The molecule has 1 aromatic heterocycles. The molecule has 5 nitrogen and oxygen atoms in total. The topological polar surface area (TPSA) is 57.5 Å². The van der Waals surface area contributed by atoms with Gasteiger partial charge in [-0.05, 0) is 6.07 Å². The molecule has 0 N–H and O–H groups in total. The zero-order valence-electron chi connectivity index (χ0n) is 11.4. The van der Waals surface area contributed by atoms with E-state index in [-0.39, 0.29) is 6.54 Å². The van der Waals surface area contributed by atoms with Crippen LogP contribution in [0.4, 0.5) is 0 Å². The van der Waals surface area contributed by atoms with Crippen molar-refractivity contribution in [3.05, 3.63) is 36.0 Å². The number of ether oxygens (including phenoxy) is 1. The van der Waals surface area contributed by atoms with Crippen molar-refractivity contribution >= 4 is 34.1 Å². The third-order valence-electron chi connectivity index (χ3n) is 3.62. The summed E-state index contributed by atoms with van der Waals surface area (Å²) in [6.45, 7) is 2.68. The van der Waals surface area contributed by atoms with Gasteiger partial charge in [0.15, 0.2) is 0 Å². The van der Waals surface area contributed by atoms with Crippen LogP contribution in [0.5, 0.6) is 0 Å². The highest BCUT2D eigenvalue weighted by Gasteiger charge is 2.19. The summed E-state index contributed by atoms with van der Waals surface area (Å²) < 4.78 is 7.01. The molecule has 6 heteroatoms. The van der Waals surface area contributed by atoms with E-state index >= 15 is 0 Å². The summed E-state index contributed by atoms with van der Waals surface area (Å²) in [5, 5.41) is 11.9. The van der Waals surface area contributed by atoms with Crippen LogP contribution in [0, 0.1) is 0 Å². The molecule has 1 fully saturated rings. The molecule has 1 aliphatic heterocycles. The Labute approximate surface area is 127 Å². The number of carbonyl (C=O) groups is 1. The van der Waals surface area contributed by atoms with Gasteiger partial charge in [0.25, 0.3) is 0 Å². The van der Waals surface area contributed by atoms with Crippen LogP contribution in [-0.4, -0.2) is 46.7 Å². The molecule has 1 aromatic carbocycles. The number of carboxylic acids is 1. The minimum atomic E-state index is -1.11. The lowest BCUT2D eigenvalue weighted by Gasteiger charge is -2.29. The van der Waals surface area contributed by atoms with Crippen molar-refractivity contribution in [2.24, 2.45) is 0 Å². The minimum absolute atomic E-state index is 0.174. The molecule has 0 spiro atoms. The van der Waals surface area contributed by atoms with Crippen molar-refractivity contribution in [1.82, 2.24) is 9.47 Å². The molecule has 0 bridgehead atoms. The molecule has 0 unspecified atom stereocenters. The standard InChI is InChI=1S/C15H16N2O3S/c18-14(19)10-17-9-12(11-3-1-2-4-13(11)17)15(21)16-5-7-20-8-6-16/h1-4,9H,5-8,10H2,(H,18,19)/p-1. The predicted octanol–water partition coefficient (Wildman–Crippen LogP) is 0.399. The predicted molar refractivity (Wildman–Crippen MR) is 81.0 cm³/mol. The average molecular weight is 303 g/mol. The zero-order valence-corrected chi connectivity index (χ0v) is 12.3. The van der Waals surface area contributed by atoms with E-state index in [2.05, 4.69) is 4.90 Å². The summed E-state index contributed by atoms with van der Waals surface area (Å²) in [7, 11) is 0. The Morgan fingerprint density at radius 1 is 1.29 bits per heavy atom. The van der Waals surface area contributed by atoms with Gasteiger partial charge in [0.1, 0.15) is 4.99 Å². The maximum atomic E-state index is 10.9. The minimum Gasteiger partial charge on any atom is -0.548 e. The number of thiocarbonyl (C=S) groups is 1. The van der Waals surface area contributed by atoms with E-state index in [1.165, 1.54) is 0 Å². The van der Waals surface area contributed by atoms with E-state index < -0.39 is 5.97 Å². The number of carboxylic acid groups (broad SMARTS) is 1. The van der Waals surface area contributed by atoms with E-state index in [1.54, 1.807) is 10.8 Å². The number of hydrogen-bond donors (Lipinski definition) is 0. The van der Waals surface area contributed by atoms with E-state index in [4.69, 9.17) is 17.0 Å². The van der Waals surface area contributed by atoms with Crippen LogP contribution in [0.1, 0.15) is 5.56 Å². The monoisotopic (exact) mass is 303 g/mol. The van der Waals surface area contributed by atoms with Gasteiger partial charge < -0.3 is 24.1 Å². The summed E-state index contributed by atoms with van der Waals surface area (Å²) in [6, 6.07) is 7.67. The number of benzene rings is 1. The summed E-state index contributed by atoms with van der Waals surface area (Å²) in [5.74, 6) is -1.11. The molecule has 110 valence electrons. The zero-order chi connectivity index (χ0) is 14.8. The number of rotatable bonds is 3. The van der Waals surface area contributed by atoms with Gasteiger partial charge in [0.2, 0.25) is 0 Å². The van der Waals surface area contributed by atoms with Gasteiger partial charge in [-0.1, -0.05) is 30.4 Å². The second-order valence-corrected chi connectivity index (χ2v) is 5.35. The fraction of sp³-hybridized carbons (Fsp3) is 0.333. The fourth-order valence-electron chi connectivity index (χ4n) is 2.62. The van der Waals surface area contributed by atoms with Gasteiger partial charge >= 0.3 is 0 Å². The van der Waals surface area contributed by atoms with Crippen molar-refractivity contribution < 1.29 is 14.6 Å². The average Bonchev–Trinajstić information content (AvgIpc) is 2.86. The number of morpholine rings is 1. The lowest BCUT2D eigenvalue weighted by atomic mass is 10.1. The normalized spacial score (nSPS) is 15.3. The van der Waals surface area contributed by atoms with Gasteiger partial charge in [-0.15, -0.1) is 0 Å². The molecule has 2 aromatic rings. The van der Waals surface area contributed by atoms with Crippen molar-refractivity contribution in [1.29, 1.82) is 0 Å². The second-order valence-electron chi connectivity index (χ2n) is 4.96. The smallest absolute Gasteiger partial charge is 0.111 e. The first-order valence-corrected chi connectivity index (χ1v) is 7.22. The fourth-order valence-corrected chi connectivity index (χ4v) is 2.97. The molecule has 3 rings (SSSR count). The molecule has 0 saturated carbocycles. The van der Waals surface area contributed by atoms with Crippen LogP contribution in [0.15, 0.2) is 30.5 Å². The summed E-state index contributed by atoms with van der Waals surface area (Å²) >= 11 is 5.59. The van der Waals surface area contributed by atoms with E-state index in [0.717, 1.165) is 34.5 Å². The number of nitrogens with zero attached hydrogens (tertiary/aromatic N) is 2. The van der Waals surface area contributed by atoms with Gasteiger partial charge in [-0.25, -0.2) is 0 Å². The van der Waals surface area contributed by atoms with Gasteiger partial charge in [-0.3, -0.25) is 0 Å². The Morgan fingerprint density at radius 3 is 2.71 bits per heavy atom. The van der Waals surface area contributed by atoms with Crippen LogP contribution in [0.2, 0.25) is 0 Å². The maximum absolute atomic E-state index is 10.9. The van der Waals surface area contributed by atoms with Gasteiger partial charge in [0, 0.05) is 35.8 Å². The third kappa shape index (κ3) is 2.77. The number of aromatic nitrogens is 1. The van der Waals surface area contributed by atoms with E-state index in [0.29, 0.717) is 13.2 Å². The van der Waals surface area contributed by atoms with Crippen LogP contribution in [-0.2, 0) is 16.1 Å². The van der Waals surface area contributed by atoms with E-state index in [1.807, 2.05) is 24.3 Å². The highest BCUT2D eigenvalue weighted by atomic mass is 32.1. The first-order chi connectivity index (χ1) is 10.2. The van der Waals surface area contributed by atoms with Gasteiger partial charge in [0.05, 0.1) is 25.7 Å². The number of para-hydroxylation sites is 1. The SMILES string of the molecule is O=C([O-])Cn1cc(C(=S)N2CCOCC2)c2ccccc21. The summed E-state index contributed by atoms with van der Waals surface area (Å²) in [5.41, 5.74) is 1.75. The molecule has 21 heavy (non-hydrogen) atoms. The van der Waals surface area contributed by atoms with E-state index in [9.17, 15) is 9.90 Å². The third-order valence-corrected chi connectivity index (χ3v) is 4.09. The Bertz CT molecular complexity index is 689. The van der Waals surface area contributed by atoms with Crippen LogP contribution in [0.25, 0.3) is 10.9 Å². The number of fused-ring (bicyclic) bond motifs is 1. The molecule has 0 amide bonds.